The topological polar surface area (TPSA) is 121 Å². The summed E-state index contributed by atoms with van der Waals surface area (Å²) >= 11 is 7.51. The number of hydrogen-bond acceptors (Lipinski definition) is 8. The number of aliphatic imine (C=N–C) groups is 1. The van der Waals surface area contributed by atoms with E-state index in [4.69, 9.17) is 25.9 Å². The predicted octanol–water partition coefficient (Wildman–Crippen LogP) is 3.89. The van der Waals surface area contributed by atoms with Gasteiger partial charge in [0.05, 0.1) is 23.5 Å². The number of hydrogen-bond donors (Lipinski definition) is 1. The summed E-state index contributed by atoms with van der Waals surface area (Å²) < 4.78 is 33.5. The fourth-order valence-electron chi connectivity index (χ4n) is 2.79. The molecule has 0 fully saturated rings. The third-order valence-corrected chi connectivity index (χ3v) is 5.84. The Bertz CT molecular complexity index is 1130. The Kier molecular flexibility index (Phi) is 7.07. The zero-order valence-corrected chi connectivity index (χ0v) is 19.5. The van der Waals surface area contributed by atoms with Gasteiger partial charge in [-0.25, -0.2) is 0 Å². The van der Waals surface area contributed by atoms with Crippen molar-refractivity contribution in [2.45, 2.75) is 33.1 Å². The minimum Gasteiger partial charge on any atom is -0.490 e. The summed E-state index contributed by atoms with van der Waals surface area (Å²) in [6.07, 6.45) is 5.06. The van der Waals surface area contributed by atoms with Gasteiger partial charge in [-0.15, -0.1) is 0 Å². The maximum atomic E-state index is 12.6. The minimum absolute atomic E-state index is 0.0150. The average Bonchev–Trinajstić information content (AvgIpc) is 3.08. The number of rotatable bonds is 8. The van der Waals surface area contributed by atoms with Crippen LogP contribution in [0.25, 0.3) is 6.08 Å². The second-order valence-corrected chi connectivity index (χ2v) is 9.69. The van der Waals surface area contributed by atoms with Crippen LogP contribution in [0.4, 0.5) is 0 Å². The van der Waals surface area contributed by atoms with Gasteiger partial charge in [-0.05, 0) is 55.3 Å². The van der Waals surface area contributed by atoms with Crippen LogP contribution in [0, 0.1) is 5.41 Å². The molecule has 0 saturated heterocycles. The molecule has 0 radical (unpaired) electrons. The summed E-state index contributed by atoms with van der Waals surface area (Å²) in [5, 5.41) is 15.3. The van der Waals surface area contributed by atoms with Crippen molar-refractivity contribution in [3.8, 4) is 11.5 Å². The molecule has 0 saturated carbocycles. The molecule has 2 heterocycles. The molecule has 2 aliphatic heterocycles. The van der Waals surface area contributed by atoms with E-state index < -0.39 is 16.0 Å². The lowest BCUT2D eigenvalue weighted by Crippen LogP contribution is -2.35. The Hall–Kier alpha value is -2.37. The van der Waals surface area contributed by atoms with Gasteiger partial charge in [0, 0.05) is 0 Å². The number of carbonyl (C=O) groups excluding carboxylic acids is 1. The number of thioether (sulfide) groups is 1. The number of fused-ring (bicyclic) bond motifs is 1. The first-order valence-electron chi connectivity index (χ1n) is 9.47. The third-order valence-electron chi connectivity index (χ3n) is 4.12. The van der Waals surface area contributed by atoms with Crippen LogP contribution in [0.1, 0.15) is 38.7 Å². The lowest BCUT2D eigenvalue weighted by molar-refractivity contribution is -0.114. The highest BCUT2D eigenvalue weighted by Gasteiger charge is 2.35. The molecule has 0 bridgehead atoms. The highest BCUT2D eigenvalue weighted by atomic mass is 35.5. The van der Waals surface area contributed by atoms with Gasteiger partial charge in [0.15, 0.2) is 11.6 Å². The molecule has 31 heavy (non-hydrogen) atoms. The maximum Gasteiger partial charge on any atom is 0.306 e. The Morgan fingerprint density at radius 2 is 2.06 bits per heavy atom. The van der Waals surface area contributed by atoms with E-state index in [9.17, 15) is 13.2 Å². The van der Waals surface area contributed by atoms with Crippen LogP contribution in [0.15, 0.2) is 27.8 Å². The number of unbranched alkanes of at least 4 members (excludes halogenated alkanes) is 1. The zero-order chi connectivity index (χ0) is 22.8. The van der Waals surface area contributed by atoms with Crippen molar-refractivity contribution in [1.82, 2.24) is 5.01 Å². The van der Waals surface area contributed by atoms with Gasteiger partial charge in [0.25, 0.3) is 5.91 Å². The quantitative estimate of drug-likeness (QED) is 0.438. The Morgan fingerprint density at radius 1 is 1.32 bits per heavy atom. The smallest absolute Gasteiger partial charge is 0.306 e. The Balaban J connectivity index is 1.97. The van der Waals surface area contributed by atoms with Crippen LogP contribution in [-0.2, 0) is 14.9 Å². The molecular weight excluding hydrogens is 464 g/mol. The summed E-state index contributed by atoms with van der Waals surface area (Å²) in [5.74, 6) is -0.705. The molecule has 1 amide bonds. The molecule has 0 aromatic heterocycles. The number of carbonyl (C=O) groups is 1. The van der Waals surface area contributed by atoms with Gasteiger partial charge < -0.3 is 8.92 Å². The maximum absolute atomic E-state index is 12.6. The van der Waals surface area contributed by atoms with Gasteiger partial charge in [-0.3, -0.25) is 10.2 Å². The number of hydrazone groups is 1. The van der Waals surface area contributed by atoms with Crippen LogP contribution in [0.2, 0.25) is 5.02 Å². The van der Waals surface area contributed by atoms with Crippen molar-refractivity contribution < 1.29 is 22.1 Å². The second kappa shape index (κ2) is 9.41. The van der Waals surface area contributed by atoms with E-state index in [1.54, 1.807) is 6.92 Å². The van der Waals surface area contributed by atoms with Gasteiger partial charge >= 0.3 is 10.1 Å². The summed E-state index contributed by atoms with van der Waals surface area (Å²) in [7, 11) is -3.83. The van der Waals surface area contributed by atoms with Gasteiger partial charge in [-0.1, -0.05) is 24.9 Å². The summed E-state index contributed by atoms with van der Waals surface area (Å²) in [6.45, 7) is 4.03. The number of nitrogens with zero attached hydrogens (tertiary/aromatic N) is 3. The molecular formula is C19H21ClN4O5S2. The lowest BCUT2D eigenvalue weighted by Gasteiger charge is -2.20. The summed E-state index contributed by atoms with van der Waals surface area (Å²) in [6, 6.07) is 2.91. The number of amides is 1. The third kappa shape index (κ3) is 5.46. The molecule has 12 heteroatoms. The molecule has 9 nitrogen and oxygen atoms in total. The standard InChI is InChI=1S/C19H21ClN4O5S2/c1-4-6-7-15-23-24-17(21)12(18(25)22-19(24)30-15)8-11-9-13(20)16(29-31(3,26)27)14(10-11)28-5-2/h8-10,21H,4-7H2,1-3H3. The number of amidine groups is 2. The number of halogens is 1. The van der Waals surface area contributed by atoms with Crippen molar-refractivity contribution in [2.75, 3.05) is 12.9 Å². The summed E-state index contributed by atoms with van der Waals surface area (Å²) in [5.41, 5.74) is 0.447. The fourth-order valence-corrected chi connectivity index (χ4v) is 4.50. The highest BCUT2D eigenvalue weighted by molar-refractivity contribution is 8.26. The van der Waals surface area contributed by atoms with E-state index in [0.717, 1.165) is 30.6 Å². The van der Waals surface area contributed by atoms with E-state index >= 15 is 0 Å². The van der Waals surface area contributed by atoms with Crippen LogP contribution in [-0.4, -0.2) is 48.2 Å². The fraction of sp³-hybridized carbons (Fsp3) is 0.368. The normalized spacial score (nSPS) is 17.5. The molecule has 1 aromatic rings. The first-order valence-corrected chi connectivity index (χ1v) is 12.5. The number of ether oxygens (including phenoxy) is 1. The van der Waals surface area contributed by atoms with Crippen molar-refractivity contribution in [1.29, 1.82) is 5.41 Å². The zero-order valence-electron chi connectivity index (χ0n) is 17.1. The van der Waals surface area contributed by atoms with Gasteiger partial charge in [0.2, 0.25) is 10.9 Å². The van der Waals surface area contributed by atoms with Crippen molar-refractivity contribution >= 4 is 61.5 Å². The van der Waals surface area contributed by atoms with Gasteiger partial charge in [-0.2, -0.15) is 23.5 Å². The van der Waals surface area contributed by atoms with E-state index in [2.05, 4.69) is 17.0 Å². The monoisotopic (exact) mass is 484 g/mol. The lowest BCUT2D eigenvalue weighted by atomic mass is 10.1. The molecule has 2 aliphatic rings. The SMILES string of the molecule is CCCCC1=NN2C(=N)C(=Cc3cc(Cl)c(OS(C)(=O)=O)c(OCC)c3)C(=O)N=C2S1. The minimum atomic E-state index is -3.83. The first kappa shape index (κ1) is 23.3. The Labute approximate surface area is 189 Å². The van der Waals surface area contributed by atoms with E-state index in [0.29, 0.717) is 10.7 Å². The first-order chi connectivity index (χ1) is 14.6. The van der Waals surface area contributed by atoms with Crippen molar-refractivity contribution in [2.24, 2.45) is 10.1 Å². The second-order valence-electron chi connectivity index (χ2n) is 6.67. The molecule has 0 spiro atoms. The average molecular weight is 485 g/mol. The number of nitrogens with one attached hydrogen (secondary N) is 1. The predicted molar refractivity (Wildman–Crippen MR) is 123 cm³/mol. The molecule has 0 unspecified atom stereocenters. The summed E-state index contributed by atoms with van der Waals surface area (Å²) in [4.78, 5) is 16.6. The van der Waals surface area contributed by atoms with E-state index in [-0.39, 0.29) is 34.5 Å². The Morgan fingerprint density at radius 3 is 2.71 bits per heavy atom. The molecule has 166 valence electrons. The molecule has 1 aromatic carbocycles. The van der Waals surface area contributed by atoms with Crippen LogP contribution in [0.5, 0.6) is 11.5 Å². The van der Waals surface area contributed by atoms with E-state index in [1.165, 1.54) is 35.0 Å². The van der Waals surface area contributed by atoms with E-state index in [1.807, 2.05) is 0 Å². The van der Waals surface area contributed by atoms with Crippen molar-refractivity contribution in [3.63, 3.8) is 0 Å². The van der Waals surface area contributed by atoms with Gasteiger partial charge in [0.1, 0.15) is 5.04 Å². The van der Waals surface area contributed by atoms with Crippen LogP contribution in [0.3, 0.4) is 0 Å². The number of benzene rings is 1. The largest absolute Gasteiger partial charge is 0.490 e. The van der Waals surface area contributed by atoms with Crippen molar-refractivity contribution in [3.05, 3.63) is 28.3 Å². The van der Waals surface area contributed by atoms with Crippen LogP contribution >= 0.6 is 23.4 Å². The molecule has 1 N–H and O–H groups in total. The molecule has 3 rings (SSSR count). The highest BCUT2D eigenvalue weighted by Crippen LogP contribution is 2.38. The molecule has 0 aliphatic carbocycles. The van der Waals surface area contributed by atoms with Crippen LogP contribution < -0.4 is 8.92 Å². The molecule has 0 atom stereocenters.